The molecule has 0 amide bonds. The quantitative estimate of drug-likeness (QED) is 0.233. The Morgan fingerprint density at radius 1 is 0.514 bits per heavy atom. The summed E-state index contributed by atoms with van der Waals surface area (Å²) < 4.78 is 0. The Morgan fingerprint density at radius 3 is 1.26 bits per heavy atom. The lowest BCUT2D eigenvalue weighted by molar-refractivity contribution is 1.47. The Kier molecular flexibility index (Phi) is 6.02. The second-order valence-electron chi connectivity index (χ2n) is 8.54. The van der Waals surface area contributed by atoms with E-state index in [2.05, 4.69) is 59.9 Å². The standard InChI is InChI=1S/C32H22N2S/c1-21-17-25(23-11-7-5-8-12-23)31(33-3)27(19-21)29-15-16-30(35-29)28-20-22(2)18-26(32(28)34-4)24-13-9-6-10-14-24/h5-20H,1-2H3. The van der Waals surface area contributed by atoms with E-state index >= 15 is 0 Å². The third kappa shape index (κ3) is 4.26. The summed E-state index contributed by atoms with van der Waals surface area (Å²) >= 11 is 1.64. The lowest BCUT2D eigenvalue weighted by Gasteiger charge is -2.12. The molecule has 5 rings (SSSR count). The molecule has 0 spiro atoms. The van der Waals surface area contributed by atoms with Crippen LogP contribution in [0.4, 0.5) is 11.4 Å². The van der Waals surface area contributed by atoms with Crippen molar-refractivity contribution >= 4 is 22.7 Å². The van der Waals surface area contributed by atoms with Crippen molar-refractivity contribution in [2.24, 2.45) is 0 Å². The van der Waals surface area contributed by atoms with Gasteiger partial charge in [0.1, 0.15) is 0 Å². The third-order valence-corrected chi connectivity index (χ3v) is 7.19. The van der Waals surface area contributed by atoms with Gasteiger partial charge in [0.25, 0.3) is 0 Å². The summed E-state index contributed by atoms with van der Waals surface area (Å²) in [7, 11) is 0. The largest absolute Gasteiger partial charge is 0.237 e. The van der Waals surface area contributed by atoms with Crippen molar-refractivity contribution in [2.45, 2.75) is 13.8 Å². The highest BCUT2D eigenvalue weighted by atomic mass is 32.1. The fourth-order valence-electron chi connectivity index (χ4n) is 4.48. The number of hydrogen-bond acceptors (Lipinski definition) is 1. The van der Waals surface area contributed by atoms with Gasteiger partial charge in [0.2, 0.25) is 11.4 Å². The first kappa shape index (κ1) is 22.4. The summed E-state index contributed by atoms with van der Waals surface area (Å²) in [5, 5.41) is 0. The molecule has 0 unspecified atom stereocenters. The van der Waals surface area contributed by atoms with Gasteiger partial charge in [0, 0.05) is 9.75 Å². The number of thiophene rings is 1. The normalized spacial score (nSPS) is 10.5. The fourth-order valence-corrected chi connectivity index (χ4v) is 5.52. The molecular weight excluding hydrogens is 444 g/mol. The highest BCUT2D eigenvalue weighted by Crippen LogP contribution is 2.47. The maximum atomic E-state index is 7.97. The summed E-state index contributed by atoms with van der Waals surface area (Å²) in [6, 6.07) is 32.7. The van der Waals surface area contributed by atoms with Crippen molar-refractivity contribution in [1.29, 1.82) is 0 Å². The van der Waals surface area contributed by atoms with Crippen molar-refractivity contribution in [3.05, 3.63) is 131 Å². The van der Waals surface area contributed by atoms with Crippen molar-refractivity contribution < 1.29 is 0 Å². The van der Waals surface area contributed by atoms with Crippen LogP contribution in [-0.4, -0.2) is 0 Å². The Bertz CT molecular complexity index is 1490. The van der Waals surface area contributed by atoms with E-state index in [-0.39, 0.29) is 0 Å². The SMILES string of the molecule is [C-]#[N+]c1c(-c2ccccc2)cc(C)cc1-c1ccc(-c2cc(C)cc(-c3ccccc3)c2[N+]#[C-])s1. The van der Waals surface area contributed by atoms with Gasteiger partial charge >= 0.3 is 0 Å². The Hall–Kier alpha value is -4.44. The summed E-state index contributed by atoms with van der Waals surface area (Å²) in [5.41, 5.74) is 9.43. The smallest absolute Gasteiger partial charge is 0.203 e. The molecule has 4 aromatic carbocycles. The first-order chi connectivity index (χ1) is 17.1. The predicted molar refractivity (Wildman–Crippen MR) is 148 cm³/mol. The van der Waals surface area contributed by atoms with Crippen LogP contribution in [0, 0.1) is 27.0 Å². The van der Waals surface area contributed by atoms with Gasteiger partial charge < -0.3 is 0 Å². The Morgan fingerprint density at radius 2 is 0.886 bits per heavy atom. The predicted octanol–water partition coefficient (Wildman–Crippen LogP) is 10.1. The van der Waals surface area contributed by atoms with Gasteiger partial charge in [-0.05, 0) is 59.4 Å². The summed E-state index contributed by atoms with van der Waals surface area (Å²) in [6.45, 7) is 20.1. The fraction of sp³-hybridized carbons (Fsp3) is 0.0625. The molecule has 0 bridgehead atoms. The van der Waals surface area contributed by atoms with Gasteiger partial charge in [0.15, 0.2) is 0 Å². The minimum atomic E-state index is 0.662. The zero-order valence-corrected chi connectivity index (χ0v) is 20.4. The van der Waals surface area contributed by atoms with Crippen molar-refractivity contribution in [2.75, 3.05) is 0 Å². The average Bonchev–Trinajstić information content (AvgIpc) is 3.39. The molecule has 0 aliphatic heterocycles. The van der Waals surface area contributed by atoms with Crippen LogP contribution in [0.1, 0.15) is 11.1 Å². The zero-order chi connectivity index (χ0) is 24.4. The topological polar surface area (TPSA) is 8.72 Å². The maximum absolute atomic E-state index is 7.97. The highest BCUT2D eigenvalue weighted by molar-refractivity contribution is 7.19. The van der Waals surface area contributed by atoms with E-state index in [9.17, 15) is 0 Å². The monoisotopic (exact) mass is 466 g/mol. The van der Waals surface area contributed by atoms with E-state index in [4.69, 9.17) is 13.1 Å². The Balaban J connectivity index is 1.67. The van der Waals surface area contributed by atoms with Crippen LogP contribution < -0.4 is 0 Å². The van der Waals surface area contributed by atoms with Crippen LogP contribution in [0.5, 0.6) is 0 Å². The van der Waals surface area contributed by atoms with E-state index in [1.807, 2.05) is 60.7 Å². The molecule has 0 fully saturated rings. The molecule has 166 valence electrons. The molecule has 35 heavy (non-hydrogen) atoms. The molecule has 2 nitrogen and oxygen atoms in total. The lowest BCUT2D eigenvalue weighted by Crippen LogP contribution is -1.85. The van der Waals surface area contributed by atoms with Gasteiger partial charge in [0.05, 0.1) is 13.1 Å². The molecule has 1 heterocycles. The zero-order valence-electron chi connectivity index (χ0n) is 19.5. The summed E-state index contributed by atoms with van der Waals surface area (Å²) in [5.74, 6) is 0. The van der Waals surface area contributed by atoms with Gasteiger partial charge in [-0.25, -0.2) is 9.69 Å². The summed E-state index contributed by atoms with van der Waals surface area (Å²) in [6.07, 6.45) is 0. The lowest BCUT2D eigenvalue weighted by atomic mass is 9.96. The van der Waals surface area contributed by atoms with Gasteiger partial charge in [-0.3, -0.25) is 0 Å². The molecule has 5 aromatic rings. The molecule has 3 heteroatoms. The van der Waals surface area contributed by atoms with Crippen LogP contribution in [0.3, 0.4) is 0 Å². The molecule has 1 aromatic heterocycles. The molecule has 0 atom stereocenters. The molecule has 0 N–H and O–H groups in total. The van der Waals surface area contributed by atoms with Crippen LogP contribution in [0.25, 0.3) is 52.8 Å². The number of nitrogens with zero attached hydrogens (tertiary/aromatic N) is 2. The summed E-state index contributed by atoms with van der Waals surface area (Å²) in [4.78, 5) is 9.98. The molecule has 0 saturated carbocycles. The van der Waals surface area contributed by atoms with Gasteiger partial charge in [-0.2, -0.15) is 0 Å². The van der Waals surface area contributed by atoms with Crippen LogP contribution in [0.2, 0.25) is 0 Å². The number of rotatable bonds is 4. The Labute approximate surface area is 210 Å². The van der Waals surface area contributed by atoms with Crippen LogP contribution in [0.15, 0.2) is 97.1 Å². The molecule has 0 radical (unpaired) electrons. The molecule has 0 aliphatic rings. The average molecular weight is 467 g/mol. The van der Waals surface area contributed by atoms with E-state index < -0.39 is 0 Å². The minimum Gasteiger partial charge on any atom is -0.237 e. The van der Waals surface area contributed by atoms with Crippen molar-refractivity contribution in [3.63, 3.8) is 0 Å². The molecule has 0 aliphatic carbocycles. The highest BCUT2D eigenvalue weighted by Gasteiger charge is 2.18. The number of hydrogen-bond donors (Lipinski definition) is 0. The van der Waals surface area contributed by atoms with Gasteiger partial charge in [-0.15, -0.1) is 11.3 Å². The van der Waals surface area contributed by atoms with E-state index in [0.29, 0.717) is 11.4 Å². The van der Waals surface area contributed by atoms with E-state index in [1.54, 1.807) is 11.3 Å². The third-order valence-electron chi connectivity index (χ3n) is 6.04. The molecular formula is C32H22N2S. The van der Waals surface area contributed by atoms with Crippen molar-refractivity contribution in [3.8, 4) is 43.1 Å². The van der Waals surface area contributed by atoms with Crippen LogP contribution in [-0.2, 0) is 0 Å². The molecule has 0 saturated heterocycles. The first-order valence-corrected chi connectivity index (χ1v) is 12.2. The van der Waals surface area contributed by atoms with Crippen molar-refractivity contribution in [1.82, 2.24) is 0 Å². The van der Waals surface area contributed by atoms with Crippen LogP contribution >= 0.6 is 11.3 Å². The number of benzene rings is 4. The van der Waals surface area contributed by atoms with Gasteiger partial charge in [-0.1, -0.05) is 96.1 Å². The minimum absolute atomic E-state index is 0.662. The second kappa shape index (κ2) is 9.43. The first-order valence-electron chi connectivity index (χ1n) is 11.3. The second-order valence-corrected chi connectivity index (χ2v) is 9.62. The maximum Gasteiger partial charge on any atom is 0.203 e. The van der Waals surface area contributed by atoms with E-state index in [0.717, 1.165) is 54.3 Å². The number of aryl methyl sites for hydroxylation is 2. The van der Waals surface area contributed by atoms with E-state index in [1.165, 1.54) is 0 Å².